The third-order valence-corrected chi connectivity index (χ3v) is 7.09. The molecule has 1 atom stereocenters. The number of hydrogen-bond acceptors (Lipinski definition) is 3. The second-order valence-electron chi connectivity index (χ2n) is 9.67. The Morgan fingerprint density at radius 1 is 1.29 bits per heavy atom. The largest absolute Gasteiger partial charge is 0.377 e. The molecule has 0 bridgehead atoms. The first-order valence-electron chi connectivity index (χ1n) is 12.4. The second-order valence-corrected chi connectivity index (χ2v) is 9.67. The molecule has 174 valence electrons. The van der Waals surface area contributed by atoms with E-state index in [0.29, 0.717) is 5.92 Å². The Hall–Kier alpha value is -1.58. The molecule has 0 aromatic heterocycles. The normalized spacial score (nSPS) is 15.6. The molecule has 3 nitrogen and oxygen atoms in total. The van der Waals surface area contributed by atoms with Gasteiger partial charge in [-0.15, -0.1) is 0 Å². The molecule has 1 aromatic rings. The van der Waals surface area contributed by atoms with Crippen molar-refractivity contribution in [3.8, 4) is 0 Å². The Labute approximate surface area is 192 Å². The summed E-state index contributed by atoms with van der Waals surface area (Å²) in [6.07, 6.45) is 7.10. The molecule has 0 heterocycles. The molecule has 1 unspecified atom stereocenters. The zero-order chi connectivity index (χ0) is 23.1. The van der Waals surface area contributed by atoms with E-state index in [2.05, 4.69) is 71.6 Å². The molecular weight excluding hydrogens is 378 g/mol. The van der Waals surface area contributed by atoms with Crippen LogP contribution in [0.3, 0.4) is 0 Å². The number of nitrogens with one attached hydrogen (secondary N) is 1. The van der Waals surface area contributed by atoms with Gasteiger partial charge in [0.1, 0.15) is 0 Å². The minimum Gasteiger partial charge on any atom is -0.377 e. The zero-order valence-electron chi connectivity index (χ0n) is 21.3. The number of benzene rings is 1. The third kappa shape index (κ3) is 6.46. The van der Waals surface area contributed by atoms with E-state index in [1.54, 1.807) is 0 Å². The van der Waals surface area contributed by atoms with Gasteiger partial charge in [-0.3, -0.25) is 0 Å². The summed E-state index contributed by atoms with van der Waals surface area (Å²) in [5.74, 6) is 1.44. The first-order chi connectivity index (χ1) is 14.8. The summed E-state index contributed by atoms with van der Waals surface area (Å²) in [6, 6.07) is 2.40. The van der Waals surface area contributed by atoms with E-state index in [1.807, 2.05) is 0 Å². The number of anilines is 1. The summed E-state index contributed by atoms with van der Waals surface area (Å²) in [5.41, 5.74) is 16.8. The van der Waals surface area contributed by atoms with Crippen molar-refractivity contribution in [2.45, 2.75) is 79.7 Å². The van der Waals surface area contributed by atoms with Crippen LogP contribution in [0.1, 0.15) is 82.1 Å². The van der Waals surface area contributed by atoms with Gasteiger partial charge in [-0.2, -0.15) is 0 Å². The zero-order valence-corrected chi connectivity index (χ0v) is 21.3. The van der Waals surface area contributed by atoms with E-state index >= 15 is 0 Å². The average molecular weight is 426 g/mol. The van der Waals surface area contributed by atoms with Crippen molar-refractivity contribution in [2.24, 2.45) is 17.6 Å². The highest BCUT2D eigenvalue weighted by atomic mass is 15.1. The van der Waals surface area contributed by atoms with Crippen LogP contribution in [0.4, 0.5) is 5.69 Å². The van der Waals surface area contributed by atoms with Gasteiger partial charge in [0, 0.05) is 26.3 Å². The molecule has 1 aliphatic rings. The molecule has 3 N–H and O–H groups in total. The van der Waals surface area contributed by atoms with Crippen molar-refractivity contribution in [3.63, 3.8) is 0 Å². The molecule has 1 aromatic carbocycles. The predicted molar refractivity (Wildman–Crippen MR) is 139 cm³/mol. The molecule has 0 amide bonds. The standard InChI is InChI=1S/C28H47N3/c1-9-25(19(3)12-11-15-29)20(4)21(5)28-22(6)27(31(7)8)16-24(26(28)10-2)18-30-17-23-13-14-23/h16,19,23,30H,5,9-15,17-18,29H2,1-4,6-8H3/b25-20+. The van der Waals surface area contributed by atoms with Crippen LogP contribution in [-0.4, -0.2) is 27.2 Å². The quantitative estimate of drug-likeness (QED) is 0.368. The Balaban J connectivity index is 2.50. The van der Waals surface area contributed by atoms with Gasteiger partial charge in [0.05, 0.1) is 0 Å². The number of hydrogen-bond donors (Lipinski definition) is 2. The molecule has 3 heteroatoms. The molecule has 2 rings (SSSR count). The average Bonchev–Trinajstić information content (AvgIpc) is 3.56. The first kappa shape index (κ1) is 25.7. The van der Waals surface area contributed by atoms with Crippen molar-refractivity contribution in [1.82, 2.24) is 5.32 Å². The molecule has 31 heavy (non-hydrogen) atoms. The Morgan fingerprint density at radius 2 is 1.97 bits per heavy atom. The van der Waals surface area contributed by atoms with Crippen LogP contribution >= 0.6 is 0 Å². The molecule has 1 saturated carbocycles. The molecule has 1 aliphatic carbocycles. The van der Waals surface area contributed by atoms with Gasteiger partial charge in [-0.25, -0.2) is 0 Å². The second kappa shape index (κ2) is 11.9. The maximum Gasteiger partial charge on any atom is 0.0400 e. The van der Waals surface area contributed by atoms with Crippen LogP contribution in [0.2, 0.25) is 0 Å². The highest BCUT2D eigenvalue weighted by Crippen LogP contribution is 2.38. The highest BCUT2D eigenvalue weighted by molar-refractivity contribution is 5.84. The smallest absolute Gasteiger partial charge is 0.0400 e. The Morgan fingerprint density at radius 3 is 2.48 bits per heavy atom. The lowest BCUT2D eigenvalue weighted by atomic mass is 9.82. The fourth-order valence-corrected chi connectivity index (χ4v) is 5.01. The van der Waals surface area contributed by atoms with E-state index in [1.165, 1.54) is 57.5 Å². The van der Waals surface area contributed by atoms with Gasteiger partial charge in [-0.05, 0) is 117 Å². The van der Waals surface area contributed by atoms with Crippen molar-refractivity contribution in [2.75, 3.05) is 32.1 Å². The lowest BCUT2D eigenvalue weighted by Gasteiger charge is -2.27. The Kier molecular flexibility index (Phi) is 9.84. The minimum absolute atomic E-state index is 0.549. The summed E-state index contributed by atoms with van der Waals surface area (Å²) in [4.78, 5) is 2.25. The van der Waals surface area contributed by atoms with Crippen LogP contribution in [0.5, 0.6) is 0 Å². The summed E-state index contributed by atoms with van der Waals surface area (Å²) in [7, 11) is 4.30. The summed E-state index contributed by atoms with van der Waals surface area (Å²) >= 11 is 0. The molecular formula is C28H47N3. The molecule has 0 saturated heterocycles. The van der Waals surface area contributed by atoms with Crippen LogP contribution in [0.15, 0.2) is 23.8 Å². The van der Waals surface area contributed by atoms with Crippen LogP contribution in [-0.2, 0) is 13.0 Å². The van der Waals surface area contributed by atoms with E-state index in [0.717, 1.165) is 51.2 Å². The lowest BCUT2D eigenvalue weighted by Crippen LogP contribution is -2.20. The SMILES string of the molecule is C=C(/C(C)=C(\CC)C(C)CCCN)c1c(C)c(N(C)C)cc(CNCC2CC2)c1CC. The van der Waals surface area contributed by atoms with E-state index in [4.69, 9.17) is 5.73 Å². The number of nitrogens with zero attached hydrogens (tertiary/aromatic N) is 1. The number of nitrogens with two attached hydrogens (primary N) is 1. The molecule has 0 radical (unpaired) electrons. The summed E-state index contributed by atoms with van der Waals surface area (Å²) in [6.45, 7) is 19.0. The lowest BCUT2D eigenvalue weighted by molar-refractivity contribution is 0.567. The van der Waals surface area contributed by atoms with Crippen molar-refractivity contribution in [1.29, 1.82) is 0 Å². The van der Waals surface area contributed by atoms with Crippen LogP contribution < -0.4 is 16.0 Å². The van der Waals surface area contributed by atoms with Gasteiger partial charge in [0.15, 0.2) is 0 Å². The fraction of sp³-hybridized carbons (Fsp3) is 0.643. The van der Waals surface area contributed by atoms with Crippen LogP contribution in [0, 0.1) is 18.8 Å². The summed E-state index contributed by atoms with van der Waals surface area (Å²) in [5, 5.41) is 3.72. The Bertz CT molecular complexity index is 784. The van der Waals surface area contributed by atoms with Crippen molar-refractivity contribution < 1.29 is 0 Å². The van der Waals surface area contributed by atoms with Gasteiger partial charge in [0.2, 0.25) is 0 Å². The maximum atomic E-state index is 5.78. The molecule has 1 fully saturated rings. The molecule has 0 aliphatic heterocycles. The third-order valence-electron chi connectivity index (χ3n) is 7.09. The first-order valence-corrected chi connectivity index (χ1v) is 12.4. The van der Waals surface area contributed by atoms with Gasteiger partial charge in [0.25, 0.3) is 0 Å². The van der Waals surface area contributed by atoms with Gasteiger partial charge in [-0.1, -0.05) is 32.9 Å². The van der Waals surface area contributed by atoms with Crippen molar-refractivity contribution in [3.05, 3.63) is 46.0 Å². The molecule has 0 spiro atoms. The monoisotopic (exact) mass is 425 g/mol. The fourth-order valence-electron chi connectivity index (χ4n) is 5.01. The predicted octanol–water partition coefficient (Wildman–Crippen LogP) is 6.24. The van der Waals surface area contributed by atoms with Gasteiger partial charge >= 0.3 is 0 Å². The highest BCUT2D eigenvalue weighted by Gasteiger charge is 2.23. The topological polar surface area (TPSA) is 41.3 Å². The van der Waals surface area contributed by atoms with E-state index < -0.39 is 0 Å². The summed E-state index contributed by atoms with van der Waals surface area (Å²) < 4.78 is 0. The number of rotatable bonds is 13. The maximum absolute atomic E-state index is 5.78. The minimum atomic E-state index is 0.549. The number of allylic oxidation sites excluding steroid dienone is 3. The van der Waals surface area contributed by atoms with Crippen LogP contribution in [0.25, 0.3) is 5.57 Å². The van der Waals surface area contributed by atoms with Crippen molar-refractivity contribution >= 4 is 11.3 Å². The van der Waals surface area contributed by atoms with E-state index in [9.17, 15) is 0 Å². The van der Waals surface area contributed by atoms with E-state index in [-0.39, 0.29) is 0 Å². The van der Waals surface area contributed by atoms with Gasteiger partial charge < -0.3 is 16.0 Å².